The second-order valence-corrected chi connectivity index (χ2v) is 12.1. The Balaban J connectivity index is 1.64. The molecule has 0 aliphatic heterocycles. The van der Waals surface area contributed by atoms with E-state index in [9.17, 15) is 32.7 Å². The first-order valence-electron chi connectivity index (χ1n) is 13.3. The first-order valence-corrected chi connectivity index (χ1v) is 13.7. The van der Waals surface area contributed by atoms with E-state index < -0.39 is 46.8 Å². The molecule has 0 bridgehead atoms. The van der Waals surface area contributed by atoms with E-state index in [1.54, 1.807) is 20.8 Å². The van der Waals surface area contributed by atoms with Crippen LogP contribution in [0.15, 0.2) is 36.4 Å². The Morgan fingerprint density at radius 3 is 2.38 bits per heavy atom. The molecule has 1 atom stereocenters. The lowest BCUT2D eigenvalue weighted by atomic mass is 9.85. The highest BCUT2D eigenvalue weighted by Crippen LogP contribution is 2.60. The summed E-state index contributed by atoms with van der Waals surface area (Å²) in [4.78, 5) is 38.3. The van der Waals surface area contributed by atoms with Crippen LogP contribution in [0.1, 0.15) is 77.6 Å². The highest BCUT2D eigenvalue weighted by atomic mass is 35.5. The summed E-state index contributed by atoms with van der Waals surface area (Å²) in [6.45, 7) is 5.00. The molecular formula is C30H27ClF4N2O5. The minimum absolute atomic E-state index is 0.0287. The number of benzene rings is 2. The lowest BCUT2D eigenvalue weighted by molar-refractivity contribution is -0.160. The minimum atomic E-state index is -4.63. The predicted molar refractivity (Wildman–Crippen MR) is 144 cm³/mol. The molecule has 0 saturated heterocycles. The molecule has 222 valence electrons. The molecule has 3 aromatic rings. The number of aliphatic carboxylic acids is 1. The number of carbonyl (C=O) groups is 3. The molecule has 42 heavy (non-hydrogen) atoms. The Morgan fingerprint density at radius 1 is 1.12 bits per heavy atom. The van der Waals surface area contributed by atoms with Gasteiger partial charge in [0.15, 0.2) is 0 Å². The molecule has 2 aliphatic rings. The van der Waals surface area contributed by atoms with E-state index >= 15 is 4.39 Å². The summed E-state index contributed by atoms with van der Waals surface area (Å²) >= 11 is 6.33. The Kier molecular flexibility index (Phi) is 7.24. The Labute approximate surface area is 243 Å². The van der Waals surface area contributed by atoms with Crippen LogP contribution in [0.3, 0.4) is 0 Å². The van der Waals surface area contributed by atoms with Crippen molar-refractivity contribution >= 4 is 29.4 Å². The van der Waals surface area contributed by atoms with Gasteiger partial charge in [-0.2, -0.15) is 23.0 Å². The van der Waals surface area contributed by atoms with Gasteiger partial charge < -0.3 is 9.84 Å². The number of aromatic nitrogens is 2. The average molecular weight is 607 g/mol. The van der Waals surface area contributed by atoms with E-state index in [1.807, 2.05) is 0 Å². The number of carbonyl (C=O) groups excluding carboxylic acids is 2. The zero-order valence-corrected chi connectivity index (χ0v) is 23.7. The lowest BCUT2D eigenvalue weighted by Crippen LogP contribution is -2.32. The fraction of sp³-hybridized carbons (Fsp3) is 0.400. The number of carboxylic acid groups (broad SMARTS) is 1. The maximum atomic E-state index is 15.5. The average Bonchev–Trinajstić information content (AvgIpc) is 3.63. The van der Waals surface area contributed by atoms with Crippen LogP contribution in [0.4, 0.5) is 17.6 Å². The van der Waals surface area contributed by atoms with Crippen molar-refractivity contribution in [3.63, 3.8) is 0 Å². The van der Waals surface area contributed by atoms with Gasteiger partial charge in [-0.05, 0) is 76.3 Å². The van der Waals surface area contributed by atoms with Crippen molar-refractivity contribution in [1.82, 2.24) is 9.78 Å². The summed E-state index contributed by atoms with van der Waals surface area (Å²) in [6, 6.07) is 7.48. The van der Waals surface area contributed by atoms with Gasteiger partial charge in [0.05, 0.1) is 38.9 Å². The van der Waals surface area contributed by atoms with E-state index in [2.05, 4.69) is 5.10 Å². The number of ether oxygens (including phenoxy) is 1. The molecule has 7 nitrogen and oxygen atoms in total. The normalized spacial score (nSPS) is 17.9. The maximum absolute atomic E-state index is 15.5. The summed E-state index contributed by atoms with van der Waals surface area (Å²) < 4.78 is 64.0. The number of hydrogen-bond donors (Lipinski definition) is 1. The molecule has 0 amide bonds. The molecule has 0 spiro atoms. The molecule has 5 rings (SSSR count). The molecule has 1 aromatic heterocycles. The number of halogens is 5. The van der Waals surface area contributed by atoms with E-state index in [-0.39, 0.29) is 70.8 Å². The third-order valence-electron chi connectivity index (χ3n) is 7.71. The van der Waals surface area contributed by atoms with Crippen LogP contribution in [0.5, 0.6) is 0 Å². The van der Waals surface area contributed by atoms with Gasteiger partial charge in [0.1, 0.15) is 11.4 Å². The highest BCUT2D eigenvalue weighted by Gasteiger charge is 2.65. The molecule has 2 aliphatic carbocycles. The molecule has 1 saturated carbocycles. The van der Waals surface area contributed by atoms with Crippen LogP contribution in [0, 0.1) is 11.7 Å². The van der Waals surface area contributed by atoms with Crippen LogP contribution in [-0.4, -0.2) is 44.5 Å². The number of esters is 1. The summed E-state index contributed by atoms with van der Waals surface area (Å²) in [5.41, 5.74) is -3.24. The topological polar surface area (TPSA) is 98.5 Å². The monoisotopic (exact) mass is 606 g/mol. The van der Waals surface area contributed by atoms with Crippen molar-refractivity contribution in [3.8, 4) is 11.3 Å². The summed E-state index contributed by atoms with van der Waals surface area (Å²) in [6.07, 6.45) is -4.89. The van der Waals surface area contributed by atoms with E-state index in [0.29, 0.717) is 5.56 Å². The predicted octanol–water partition coefficient (Wildman–Crippen LogP) is 6.77. The number of hydrogen-bond acceptors (Lipinski definition) is 5. The summed E-state index contributed by atoms with van der Waals surface area (Å²) in [7, 11) is 0. The molecule has 1 N–H and O–H groups in total. The number of nitrogens with zero attached hydrogens (tertiary/aromatic N) is 2. The fourth-order valence-electron chi connectivity index (χ4n) is 5.45. The first kappa shape index (κ1) is 29.8. The van der Waals surface area contributed by atoms with Gasteiger partial charge in [-0.3, -0.25) is 9.59 Å². The van der Waals surface area contributed by atoms with Crippen LogP contribution in [0.2, 0.25) is 5.02 Å². The molecule has 0 unspecified atom stereocenters. The zero-order chi connectivity index (χ0) is 30.8. The first-order chi connectivity index (χ1) is 19.5. The van der Waals surface area contributed by atoms with Gasteiger partial charge >= 0.3 is 18.1 Å². The molecule has 0 radical (unpaired) electrons. The van der Waals surface area contributed by atoms with Crippen molar-refractivity contribution in [3.05, 3.63) is 75.2 Å². The third-order valence-corrected chi connectivity index (χ3v) is 8.02. The van der Waals surface area contributed by atoms with Crippen molar-refractivity contribution in [2.45, 2.75) is 70.1 Å². The minimum Gasteiger partial charge on any atom is -0.481 e. The molecular weight excluding hydrogens is 580 g/mol. The van der Waals surface area contributed by atoms with Crippen LogP contribution < -0.4 is 0 Å². The van der Waals surface area contributed by atoms with Gasteiger partial charge in [-0.1, -0.05) is 23.7 Å². The van der Waals surface area contributed by atoms with Crippen LogP contribution >= 0.6 is 11.6 Å². The number of carboxylic acids is 1. The van der Waals surface area contributed by atoms with Crippen LogP contribution in [0.25, 0.3) is 11.3 Å². The molecule has 1 heterocycles. The standard InChI is InChI=1S/C30H27ClF4N2O5/c1-28(2,3)42-27(41)16-8-9-17(21(32)13-16)24-18-10-7-15(26(39)40)14-22(18)37(36-24)25(38)23-19(5-4-6-20(23)31)29(11-12-29)30(33,34)35/h4-6,8-9,13,15H,7,10-12,14H2,1-3H3,(H,39,40)/t15-/m0/s1. The van der Waals surface area contributed by atoms with Crippen molar-refractivity contribution in [1.29, 1.82) is 0 Å². The molecule has 2 aromatic carbocycles. The molecule has 12 heteroatoms. The quantitative estimate of drug-likeness (QED) is 0.254. The van der Waals surface area contributed by atoms with Gasteiger partial charge in [0.25, 0.3) is 5.91 Å². The fourth-order valence-corrected chi connectivity index (χ4v) is 5.71. The van der Waals surface area contributed by atoms with E-state index in [4.69, 9.17) is 16.3 Å². The molecule has 1 fully saturated rings. The van der Waals surface area contributed by atoms with Crippen molar-refractivity contribution in [2.75, 3.05) is 0 Å². The van der Waals surface area contributed by atoms with Crippen molar-refractivity contribution < 1.29 is 41.8 Å². The Morgan fingerprint density at radius 2 is 1.81 bits per heavy atom. The Hall–Kier alpha value is -3.73. The van der Waals surface area contributed by atoms with Gasteiger partial charge in [0, 0.05) is 17.5 Å². The summed E-state index contributed by atoms with van der Waals surface area (Å²) in [5, 5.41) is 13.8. The SMILES string of the molecule is CC(C)(C)OC(=O)c1ccc(-c2nn(C(=O)c3c(Cl)cccc3C3(C(F)(F)F)CC3)c3c2CC[C@H](C(=O)O)C3)c(F)c1. The smallest absolute Gasteiger partial charge is 0.398 e. The second kappa shape index (κ2) is 10.2. The second-order valence-electron chi connectivity index (χ2n) is 11.7. The lowest BCUT2D eigenvalue weighted by Gasteiger charge is -2.24. The van der Waals surface area contributed by atoms with Gasteiger partial charge in [0.2, 0.25) is 0 Å². The van der Waals surface area contributed by atoms with Gasteiger partial charge in [-0.15, -0.1) is 0 Å². The van der Waals surface area contributed by atoms with E-state index in [1.165, 1.54) is 30.3 Å². The van der Waals surface area contributed by atoms with Crippen molar-refractivity contribution in [2.24, 2.45) is 5.92 Å². The number of rotatable bonds is 5. The van der Waals surface area contributed by atoms with Crippen LogP contribution in [-0.2, 0) is 27.8 Å². The highest BCUT2D eigenvalue weighted by molar-refractivity contribution is 6.34. The zero-order valence-electron chi connectivity index (χ0n) is 22.9. The Bertz CT molecular complexity index is 1620. The largest absolute Gasteiger partial charge is 0.481 e. The van der Waals surface area contributed by atoms with Gasteiger partial charge in [-0.25, -0.2) is 9.18 Å². The summed E-state index contributed by atoms with van der Waals surface area (Å²) in [5.74, 6) is -4.55. The number of alkyl halides is 3. The third kappa shape index (κ3) is 5.19. The van der Waals surface area contributed by atoms with E-state index in [0.717, 1.165) is 10.7 Å². The number of fused-ring (bicyclic) bond motifs is 1. The maximum Gasteiger partial charge on any atom is 0.398 e.